The average Bonchev–Trinajstić information content (AvgIpc) is 2.33. The third-order valence-electron chi connectivity index (χ3n) is 2.98. The highest BCUT2D eigenvalue weighted by atomic mass is 35.5. The molecule has 1 unspecified atom stereocenters. The Bertz CT molecular complexity index is 599. The maximum absolute atomic E-state index is 10.3. The van der Waals surface area contributed by atoms with Gasteiger partial charge < -0.3 is 5.11 Å². The van der Waals surface area contributed by atoms with Gasteiger partial charge in [0.2, 0.25) is 0 Å². The van der Waals surface area contributed by atoms with E-state index < -0.39 is 6.10 Å². The molecule has 0 fully saturated rings. The summed E-state index contributed by atoms with van der Waals surface area (Å²) < 4.78 is 0. The Hall–Kier alpha value is -1.09. The average molecular weight is 296 g/mol. The van der Waals surface area contributed by atoms with Crippen molar-refractivity contribution in [1.82, 2.24) is 4.98 Å². The molecule has 4 heteroatoms. The summed E-state index contributed by atoms with van der Waals surface area (Å²) in [6, 6.07) is 7.39. The minimum atomic E-state index is -0.641. The number of aliphatic hydroxyl groups is 1. The highest BCUT2D eigenvalue weighted by Gasteiger charge is 2.13. The van der Waals surface area contributed by atoms with Gasteiger partial charge in [-0.05, 0) is 42.7 Å². The Kier molecular flexibility index (Phi) is 4.46. The molecule has 0 saturated heterocycles. The van der Waals surface area contributed by atoms with Crippen LogP contribution in [0.5, 0.6) is 0 Å². The molecule has 1 aromatic heterocycles. The second-order valence-electron chi connectivity index (χ2n) is 4.68. The molecule has 0 radical (unpaired) electrons. The van der Waals surface area contributed by atoms with Gasteiger partial charge >= 0.3 is 0 Å². The maximum atomic E-state index is 10.3. The van der Waals surface area contributed by atoms with Crippen molar-refractivity contribution >= 4 is 23.2 Å². The lowest BCUT2D eigenvalue weighted by molar-refractivity contribution is 0.173. The monoisotopic (exact) mass is 295 g/mol. The number of hydrogen-bond acceptors (Lipinski definition) is 2. The van der Waals surface area contributed by atoms with Crippen LogP contribution >= 0.6 is 23.2 Å². The molecule has 0 aliphatic heterocycles. The van der Waals surface area contributed by atoms with Gasteiger partial charge in [0.25, 0.3) is 0 Å². The summed E-state index contributed by atoms with van der Waals surface area (Å²) in [5, 5.41) is 11.3. The number of aryl methyl sites for hydroxylation is 2. The van der Waals surface area contributed by atoms with Crippen LogP contribution < -0.4 is 0 Å². The van der Waals surface area contributed by atoms with Crippen molar-refractivity contribution in [1.29, 1.82) is 0 Å². The number of hydrogen-bond donors (Lipinski definition) is 1. The Morgan fingerprint density at radius 1 is 1.16 bits per heavy atom. The predicted octanol–water partition coefficient (Wildman–Crippen LogP) is 4.28. The minimum absolute atomic E-state index is 0.466. The number of nitrogens with zero attached hydrogens (tertiary/aromatic N) is 1. The van der Waals surface area contributed by atoms with E-state index >= 15 is 0 Å². The van der Waals surface area contributed by atoms with E-state index in [4.69, 9.17) is 23.2 Å². The lowest BCUT2D eigenvalue weighted by atomic mass is 10.0. The number of pyridine rings is 1. The van der Waals surface area contributed by atoms with E-state index in [9.17, 15) is 5.11 Å². The normalized spacial score (nSPS) is 12.5. The Morgan fingerprint density at radius 2 is 1.89 bits per heavy atom. The van der Waals surface area contributed by atoms with Crippen molar-refractivity contribution in [2.75, 3.05) is 0 Å². The van der Waals surface area contributed by atoms with E-state index in [1.807, 2.05) is 26.0 Å². The fraction of sp³-hybridized carbons (Fsp3) is 0.267. The summed E-state index contributed by atoms with van der Waals surface area (Å²) in [6.07, 6.45) is 1.59. The van der Waals surface area contributed by atoms with E-state index in [0.29, 0.717) is 22.2 Å². The first-order valence-electron chi connectivity index (χ1n) is 6.02. The molecule has 1 aromatic carbocycles. The molecule has 1 heterocycles. The first kappa shape index (κ1) is 14.3. The second-order valence-corrected chi connectivity index (χ2v) is 5.50. The lowest BCUT2D eigenvalue weighted by Crippen LogP contribution is -2.06. The zero-order valence-electron chi connectivity index (χ0n) is 10.8. The van der Waals surface area contributed by atoms with Gasteiger partial charge in [-0.25, -0.2) is 0 Å². The molecule has 0 saturated carbocycles. The van der Waals surface area contributed by atoms with Crippen molar-refractivity contribution in [2.24, 2.45) is 0 Å². The van der Waals surface area contributed by atoms with Crippen LogP contribution in [0.25, 0.3) is 0 Å². The maximum Gasteiger partial charge on any atom is 0.100 e. The smallest absolute Gasteiger partial charge is 0.100 e. The van der Waals surface area contributed by atoms with Crippen LogP contribution in [0.4, 0.5) is 0 Å². The highest BCUT2D eigenvalue weighted by molar-refractivity contribution is 6.42. The van der Waals surface area contributed by atoms with Gasteiger partial charge in [0.15, 0.2) is 0 Å². The molecule has 19 heavy (non-hydrogen) atoms. The van der Waals surface area contributed by atoms with Crippen LogP contribution in [0.2, 0.25) is 10.0 Å². The van der Waals surface area contributed by atoms with Gasteiger partial charge in [-0.15, -0.1) is 0 Å². The summed E-state index contributed by atoms with van der Waals surface area (Å²) in [6.45, 7) is 3.93. The van der Waals surface area contributed by atoms with Gasteiger partial charge in [0.05, 0.1) is 15.7 Å². The van der Waals surface area contributed by atoms with Crippen LogP contribution in [-0.4, -0.2) is 10.1 Å². The quantitative estimate of drug-likeness (QED) is 0.917. The molecule has 2 rings (SSSR count). The molecule has 0 aliphatic rings. The first-order valence-corrected chi connectivity index (χ1v) is 6.78. The Morgan fingerprint density at radius 3 is 2.53 bits per heavy atom. The van der Waals surface area contributed by atoms with E-state index in [-0.39, 0.29) is 0 Å². The molecule has 0 bridgehead atoms. The van der Waals surface area contributed by atoms with Crippen LogP contribution in [-0.2, 0) is 6.42 Å². The third kappa shape index (κ3) is 3.47. The van der Waals surface area contributed by atoms with Crippen molar-refractivity contribution in [3.63, 3.8) is 0 Å². The van der Waals surface area contributed by atoms with Crippen molar-refractivity contribution < 1.29 is 5.11 Å². The van der Waals surface area contributed by atoms with E-state index in [1.54, 1.807) is 18.3 Å². The molecule has 0 spiro atoms. The first-order chi connectivity index (χ1) is 8.97. The standard InChI is InChI=1S/C15H15Cl2NO/c1-9-5-10(2)15(18-8-9)14(19)7-11-3-4-12(16)13(17)6-11/h3-6,8,14,19H,7H2,1-2H3. The zero-order chi connectivity index (χ0) is 14.0. The predicted molar refractivity (Wildman–Crippen MR) is 78.8 cm³/mol. The summed E-state index contributed by atoms with van der Waals surface area (Å²) in [5.74, 6) is 0. The molecule has 0 aliphatic carbocycles. The van der Waals surface area contributed by atoms with Crippen molar-refractivity contribution in [3.05, 3.63) is 62.9 Å². The Balaban J connectivity index is 2.20. The number of aromatic nitrogens is 1. The van der Waals surface area contributed by atoms with Crippen LogP contribution in [0, 0.1) is 13.8 Å². The van der Waals surface area contributed by atoms with Gasteiger partial charge in [0.1, 0.15) is 6.10 Å². The van der Waals surface area contributed by atoms with Crippen LogP contribution in [0.15, 0.2) is 30.5 Å². The topological polar surface area (TPSA) is 33.1 Å². The molecule has 1 atom stereocenters. The van der Waals surface area contributed by atoms with Gasteiger partial charge in [0, 0.05) is 12.6 Å². The number of rotatable bonds is 3. The summed E-state index contributed by atoms with van der Waals surface area (Å²) in [5.41, 5.74) is 3.72. The largest absolute Gasteiger partial charge is 0.386 e. The van der Waals surface area contributed by atoms with Gasteiger partial charge in [-0.1, -0.05) is 35.3 Å². The van der Waals surface area contributed by atoms with Gasteiger partial charge in [-0.3, -0.25) is 4.98 Å². The molecular weight excluding hydrogens is 281 g/mol. The van der Waals surface area contributed by atoms with E-state index in [0.717, 1.165) is 16.7 Å². The summed E-state index contributed by atoms with van der Waals surface area (Å²) >= 11 is 11.8. The fourth-order valence-electron chi connectivity index (χ4n) is 2.06. The molecule has 2 aromatic rings. The molecule has 0 amide bonds. The summed E-state index contributed by atoms with van der Waals surface area (Å²) in [4.78, 5) is 4.30. The van der Waals surface area contributed by atoms with Gasteiger partial charge in [-0.2, -0.15) is 0 Å². The molecule has 1 N–H and O–H groups in total. The molecular formula is C15H15Cl2NO. The number of benzene rings is 1. The molecule has 2 nitrogen and oxygen atoms in total. The number of halogens is 2. The SMILES string of the molecule is Cc1cnc(C(O)Cc2ccc(Cl)c(Cl)c2)c(C)c1. The second kappa shape index (κ2) is 5.91. The van der Waals surface area contributed by atoms with E-state index in [2.05, 4.69) is 4.98 Å². The number of aliphatic hydroxyl groups excluding tert-OH is 1. The van der Waals surface area contributed by atoms with Crippen LogP contribution in [0.1, 0.15) is 28.5 Å². The van der Waals surface area contributed by atoms with Crippen molar-refractivity contribution in [2.45, 2.75) is 26.4 Å². The van der Waals surface area contributed by atoms with E-state index in [1.165, 1.54) is 0 Å². The zero-order valence-corrected chi connectivity index (χ0v) is 12.3. The lowest BCUT2D eigenvalue weighted by Gasteiger charge is -2.13. The Labute approximate surface area is 123 Å². The highest BCUT2D eigenvalue weighted by Crippen LogP contribution is 2.26. The molecule has 100 valence electrons. The fourth-order valence-corrected chi connectivity index (χ4v) is 2.38. The minimum Gasteiger partial charge on any atom is -0.386 e. The summed E-state index contributed by atoms with van der Waals surface area (Å²) in [7, 11) is 0. The third-order valence-corrected chi connectivity index (χ3v) is 3.72. The van der Waals surface area contributed by atoms with Crippen LogP contribution in [0.3, 0.4) is 0 Å². The van der Waals surface area contributed by atoms with Crippen molar-refractivity contribution in [3.8, 4) is 0 Å².